The van der Waals surface area contributed by atoms with Gasteiger partial charge in [0.15, 0.2) is 0 Å². The monoisotopic (exact) mass is 205 g/mol. The van der Waals surface area contributed by atoms with Crippen LogP contribution >= 0.6 is 0 Å². The second kappa shape index (κ2) is 4.19. The molecule has 0 aromatic carbocycles. The van der Waals surface area contributed by atoms with Gasteiger partial charge in [0, 0.05) is 12.1 Å². The Bertz CT molecular complexity index is 240. The van der Waals surface area contributed by atoms with Crippen LogP contribution in [0.3, 0.4) is 0 Å². The molecule has 2 aliphatic carbocycles. The van der Waals surface area contributed by atoms with E-state index < -0.39 is 0 Å². The highest BCUT2D eigenvalue weighted by molar-refractivity contribution is 5.08. The lowest BCUT2D eigenvalue weighted by Gasteiger charge is -2.40. The minimum Gasteiger partial charge on any atom is -0.371 e. The third-order valence-electron chi connectivity index (χ3n) is 4.67. The third-order valence-corrected chi connectivity index (χ3v) is 4.67. The molecule has 2 fully saturated rings. The molecule has 1 heteroatoms. The second-order valence-corrected chi connectivity index (χ2v) is 5.60. The molecule has 2 saturated carbocycles. The summed E-state index contributed by atoms with van der Waals surface area (Å²) in [4.78, 5) is 2.74. The molecule has 0 spiro atoms. The van der Waals surface area contributed by atoms with Crippen LogP contribution in [0.5, 0.6) is 0 Å². The van der Waals surface area contributed by atoms with Crippen molar-refractivity contribution in [2.24, 2.45) is 5.92 Å². The van der Waals surface area contributed by atoms with Gasteiger partial charge in [-0.25, -0.2) is 0 Å². The topological polar surface area (TPSA) is 3.24 Å². The van der Waals surface area contributed by atoms with Crippen LogP contribution in [0.1, 0.15) is 57.8 Å². The van der Waals surface area contributed by atoms with E-state index in [1.165, 1.54) is 57.8 Å². The van der Waals surface area contributed by atoms with E-state index in [-0.39, 0.29) is 0 Å². The summed E-state index contributed by atoms with van der Waals surface area (Å²) in [6, 6.07) is 1.78. The van der Waals surface area contributed by atoms with Crippen LogP contribution < -0.4 is 0 Å². The van der Waals surface area contributed by atoms with E-state index in [4.69, 9.17) is 0 Å². The Labute approximate surface area is 93.5 Å². The molecular weight excluding hydrogens is 182 g/mol. The van der Waals surface area contributed by atoms with Crippen molar-refractivity contribution in [2.75, 3.05) is 0 Å². The van der Waals surface area contributed by atoms with Crippen molar-refractivity contribution < 1.29 is 0 Å². The van der Waals surface area contributed by atoms with Gasteiger partial charge in [0.1, 0.15) is 0 Å². The van der Waals surface area contributed by atoms with Crippen LogP contribution in [0.4, 0.5) is 0 Å². The number of rotatable bonds is 1. The van der Waals surface area contributed by atoms with Gasteiger partial charge in [-0.2, -0.15) is 0 Å². The Morgan fingerprint density at radius 1 is 0.800 bits per heavy atom. The Morgan fingerprint density at radius 2 is 1.53 bits per heavy atom. The Balaban J connectivity index is 1.68. The molecule has 0 saturated heterocycles. The fourth-order valence-corrected chi connectivity index (χ4v) is 3.83. The van der Waals surface area contributed by atoms with Crippen LogP contribution in [0.15, 0.2) is 12.3 Å². The number of fused-ring (bicyclic) bond motifs is 1. The maximum absolute atomic E-state index is 2.74. The lowest BCUT2D eigenvalue weighted by atomic mass is 9.84. The average molecular weight is 205 g/mol. The standard InChI is InChI=1S/C14H23N/c1-2-7-13(8-3-1)15-11-10-12-6-4-5-9-14(12)15/h10-14H,1-9H2. The summed E-state index contributed by atoms with van der Waals surface area (Å²) in [5.41, 5.74) is 0. The molecule has 0 aromatic rings. The lowest BCUT2D eigenvalue weighted by Crippen LogP contribution is -2.41. The maximum Gasteiger partial charge on any atom is 0.0350 e. The smallest absolute Gasteiger partial charge is 0.0350 e. The molecule has 1 heterocycles. The highest BCUT2D eigenvalue weighted by Crippen LogP contribution is 2.37. The molecule has 0 N–H and O–H groups in total. The molecule has 0 amide bonds. The Morgan fingerprint density at radius 3 is 2.40 bits per heavy atom. The van der Waals surface area contributed by atoms with E-state index >= 15 is 0 Å². The number of hydrogen-bond acceptors (Lipinski definition) is 1. The van der Waals surface area contributed by atoms with Crippen LogP contribution in [0.25, 0.3) is 0 Å². The van der Waals surface area contributed by atoms with E-state index in [1.807, 2.05) is 0 Å². The average Bonchev–Trinajstić information content (AvgIpc) is 2.74. The van der Waals surface area contributed by atoms with Crippen molar-refractivity contribution in [1.82, 2.24) is 4.90 Å². The zero-order valence-corrected chi connectivity index (χ0v) is 9.70. The second-order valence-electron chi connectivity index (χ2n) is 5.60. The fourth-order valence-electron chi connectivity index (χ4n) is 3.83. The van der Waals surface area contributed by atoms with E-state index in [0.717, 1.165) is 18.0 Å². The molecule has 0 bridgehead atoms. The van der Waals surface area contributed by atoms with Crippen molar-refractivity contribution >= 4 is 0 Å². The molecule has 1 nitrogen and oxygen atoms in total. The van der Waals surface area contributed by atoms with Crippen molar-refractivity contribution in [3.05, 3.63) is 12.3 Å². The van der Waals surface area contributed by atoms with Crippen molar-refractivity contribution in [1.29, 1.82) is 0 Å². The maximum atomic E-state index is 2.74. The van der Waals surface area contributed by atoms with Gasteiger partial charge in [0.05, 0.1) is 0 Å². The van der Waals surface area contributed by atoms with Gasteiger partial charge in [-0.3, -0.25) is 0 Å². The molecule has 2 unspecified atom stereocenters. The fraction of sp³-hybridized carbons (Fsp3) is 0.857. The summed E-state index contributed by atoms with van der Waals surface area (Å²) < 4.78 is 0. The van der Waals surface area contributed by atoms with Crippen molar-refractivity contribution in [3.63, 3.8) is 0 Å². The van der Waals surface area contributed by atoms with Crippen LogP contribution in [-0.2, 0) is 0 Å². The number of hydrogen-bond donors (Lipinski definition) is 0. The molecule has 3 rings (SSSR count). The highest BCUT2D eigenvalue weighted by atomic mass is 15.2. The summed E-state index contributed by atoms with van der Waals surface area (Å²) in [7, 11) is 0. The summed E-state index contributed by atoms with van der Waals surface area (Å²) in [6.45, 7) is 0. The summed E-state index contributed by atoms with van der Waals surface area (Å²) in [5.74, 6) is 0.903. The molecular formula is C14H23N. The first-order valence-electron chi connectivity index (χ1n) is 6.91. The Hall–Kier alpha value is -0.460. The quantitative estimate of drug-likeness (QED) is 0.631. The molecule has 84 valence electrons. The van der Waals surface area contributed by atoms with Gasteiger partial charge in [-0.15, -0.1) is 0 Å². The number of nitrogens with zero attached hydrogens (tertiary/aromatic N) is 1. The molecule has 2 atom stereocenters. The van der Waals surface area contributed by atoms with E-state index in [9.17, 15) is 0 Å². The van der Waals surface area contributed by atoms with Gasteiger partial charge >= 0.3 is 0 Å². The van der Waals surface area contributed by atoms with E-state index in [2.05, 4.69) is 17.2 Å². The van der Waals surface area contributed by atoms with E-state index in [0.29, 0.717) is 0 Å². The third kappa shape index (κ3) is 1.81. The Kier molecular flexibility index (Phi) is 2.72. The lowest BCUT2D eigenvalue weighted by molar-refractivity contribution is 0.128. The first-order valence-corrected chi connectivity index (χ1v) is 6.91. The predicted molar refractivity (Wildman–Crippen MR) is 63.6 cm³/mol. The minimum atomic E-state index is 0.891. The van der Waals surface area contributed by atoms with Gasteiger partial charge in [-0.05, 0) is 37.8 Å². The molecule has 0 radical (unpaired) electrons. The summed E-state index contributed by atoms with van der Waals surface area (Å²) in [6.07, 6.45) is 18.1. The predicted octanol–water partition coefficient (Wildman–Crippen LogP) is 3.71. The molecule has 3 aliphatic rings. The van der Waals surface area contributed by atoms with Gasteiger partial charge < -0.3 is 4.90 Å². The molecule has 1 aliphatic heterocycles. The van der Waals surface area contributed by atoms with Gasteiger partial charge in [-0.1, -0.05) is 38.2 Å². The SMILES string of the molecule is C1=CN(C2CCCCC2)C2CCCCC12. The van der Waals surface area contributed by atoms with Crippen molar-refractivity contribution in [3.8, 4) is 0 Å². The summed E-state index contributed by atoms with van der Waals surface area (Å²) in [5, 5.41) is 0. The van der Waals surface area contributed by atoms with Crippen molar-refractivity contribution in [2.45, 2.75) is 69.9 Å². The zero-order chi connectivity index (χ0) is 10.1. The normalized spacial score (nSPS) is 36.9. The van der Waals surface area contributed by atoms with Crippen LogP contribution in [0, 0.1) is 5.92 Å². The summed E-state index contributed by atoms with van der Waals surface area (Å²) >= 11 is 0. The van der Waals surface area contributed by atoms with Crippen LogP contribution in [-0.4, -0.2) is 17.0 Å². The molecule has 15 heavy (non-hydrogen) atoms. The minimum absolute atomic E-state index is 0.891. The highest BCUT2D eigenvalue weighted by Gasteiger charge is 2.34. The van der Waals surface area contributed by atoms with Gasteiger partial charge in [0.2, 0.25) is 0 Å². The largest absolute Gasteiger partial charge is 0.371 e. The van der Waals surface area contributed by atoms with Gasteiger partial charge in [0.25, 0.3) is 0 Å². The zero-order valence-electron chi connectivity index (χ0n) is 9.70. The van der Waals surface area contributed by atoms with Crippen LogP contribution in [0.2, 0.25) is 0 Å². The molecule has 0 aromatic heterocycles. The first-order chi connectivity index (χ1) is 7.45. The van der Waals surface area contributed by atoms with E-state index in [1.54, 1.807) is 0 Å². The first kappa shape index (κ1) is 9.74.